The van der Waals surface area contributed by atoms with E-state index < -0.39 is 5.82 Å². The highest BCUT2D eigenvalue weighted by Gasteiger charge is 2.09. The largest absolute Gasteiger partial charge is 0.397 e. The maximum absolute atomic E-state index is 12.9. The summed E-state index contributed by atoms with van der Waals surface area (Å²) >= 11 is 0. The summed E-state index contributed by atoms with van der Waals surface area (Å²) in [7, 11) is 0. The van der Waals surface area contributed by atoms with Crippen molar-refractivity contribution in [1.29, 1.82) is 0 Å². The Bertz CT molecular complexity index is 684. The van der Waals surface area contributed by atoms with Crippen LogP contribution in [0.15, 0.2) is 42.5 Å². The van der Waals surface area contributed by atoms with E-state index in [4.69, 9.17) is 5.73 Å². The molecule has 0 saturated carbocycles. The summed E-state index contributed by atoms with van der Waals surface area (Å²) in [6.07, 6.45) is 0. The number of carbonyl (C=O) groups is 2. The van der Waals surface area contributed by atoms with Gasteiger partial charge in [-0.05, 0) is 42.5 Å². The third kappa shape index (κ3) is 4.31. The predicted molar refractivity (Wildman–Crippen MR) is 86.2 cm³/mol. The molecular formula is C16H18FN3O2. The molecule has 0 heterocycles. The van der Waals surface area contributed by atoms with Crippen molar-refractivity contribution >= 4 is 28.9 Å². The highest BCUT2D eigenvalue weighted by Crippen LogP contribution is 2.20. The van der Waals surface area contributed by atoms with Gasteiger partial charge in [0, 0.05) is 18.2 Å². The molecule has 0 saturated heterocycles. The molecule has 0 fully saturated rings. The number of amides is 2. The first-order valence-corrected chi connectivity index (χ1v) is 6.20. The van der Waals surface area contributed by atoms with Gasteiger partial charge in [0.05, 0.1) is 11.4 Å². The van der Waals surface area contributed by atoms with Crippen LogP contribution in [-0.2, 0) is 4.79 Å². The molecule has 2 rings (SSSR count). The van der Waals surface area contributed by atoms with Crippen molar-refractivity contribution in [1.82, 2.24) is 0 Å². The molecule has 0 radical (unpaired) electrons. The zero-order chi connectivity index (χ0) is 15.4. The van der Waals surface area contributed by atoms with Crippen molar-refractivity contribution in [2.45, 2.75) is 14.4 Å². The lowest BCUT2D eigenvalue weighted by atomic mass is 10.2. The Morgan fingerprint density at radius 2 is 1.68 bits per heavy atom. The van der Waals surface area contributed by atoms with Crippen molar-refractivity contribution in [2.24, 2.45) is 0 Å². The van der Waals surface area contributed by atoms with Crippen LogP contribution >= 0.6 is 0 Å². The maximum Gasteiger partial charge on any atom is 0.255 e. The summed E-state index contributed by atoms with van der Waals surface area (Å²) in [6, 6.07) is 10.1. The second kappa shape index (κ2) is 7.21. The molecule has 116 valence electrons. The Hall–Kier alpha value is -2.89. The first-order chi connectivity index (χ1) is 9.95. The minimum atomic E-state index is -0.467. The van der Waals surface area contributed by atoms with E-state index in [2.05, 4.69) is 10.6 Å². The van der Waals surface area contributed by atoms with Crippen LogP contribution in [0.4, 0.5) is 21.5 Å². The van der Waals surface area contributed by atoms with Crippen LogP contribution < -0.4 is 16.4 Å². The SMILES string of the molecule is C.CC(=O)Nc1ccc(C(=O)Nc2ccc(F)cc2N)cc1. The van der Waals surface area contributed by atoms with Crippen LogP contribution in [0, 0.1) is 5.82 Å². The quantitative estimate of drug-likeness (QED) is 0.761. The third-order valence-corrected chi connectivity index (χ3v) is 2.73. The van der Waals surface area contributed by atoms with Crippen LogP contribution in [0.5, 0.6) is 0 Å². The topological polar surface area (TPSA) is 84.2 Å². The first kappa shape index (κ1) is 17.2. The standard InChI is InChI=1S/C15H14FN3O2.CH4/c1-9(20)18-12-5-2-10(3-6-12)15(21)19-14-7-4-11(16)8-13(14)17;/h2-8H,17H2,1H3,(H,18,20)(H,19,21);1H4. The van der Waals surface area contributed by atoms with Gasteiger partial charge in [-0.15, -0.1) is 0 Å². The van der Waals surface area contributed by atoms with Gasteiger partial charge in [-0.3, -0.25) is 9.59 Å². The molecular weight excluding hydrogens is 285 g/mol. The normalized spacial score (nSPS) is 9.55. The van der Waals surface area contributed by atoms with E-state index in [1.165, 1.54) is 19.1 Å². The van der Waals surface area contributed by atoms with E-state index in [1.807, 2.05) is 0 Å². The van der Waals surface area contributed by atoms with Gasteiger partial charge in [-0.1, -0.05) is 7.43 Å². The Morgan fingerprint density at radius 3 is 2.23 bits per heavy atom. The second-order valence-corrected chi connectivity index (χ2v) is 4.44. The van der Waals surface area contributed by atoms with Gasteiger partial charge >= 0.3 is 0 Å². The molecule has 5 nitrogen and oxygen atoms in total. The average Bonchev–Trinajstić information content (AvgIpc) is 2.42. The van der Waals surface area contributed by atoms with Crippen LogP contribution in [-0.4, -0.2) is 11.8 Å². The smallest absolute Gasteiger partial charge is 0.255 e. The van der Waals surface area contributed by atoms with Gasteiger partial charge in [0.25, 0.3) is 5.91 Å². The van der Waals surface area contributed by atoms with Crippen LogP contribution in [0.25, 0.3) is 0 Å². The lowest BCUT2D eigenvalue weighted by Crippen LogP contribution is -2.13. The maximum atomic E-state index is 12.9. The molecule has 6 heteroatoms. The number of nitrogen functional groups attached to an aromatic ring is 1. The summed E-state index contributed by atoms with van der Waals surface area (Å²) in [5.74, 6) is -1.03. The molecule has 0 aliphatic rings. The predicted octanol–water partition coefficient (Wildman–Crippen LogP) is 3.25. The number of rotatable bonds is 3. The summed E-state index contributed by atoms with van der Waals surface area (Å²) in [4.78, 5) is 22.9. The Kier molecular flexibility index (Phi) is 5.63. The Morgan fingerprint density at radius 1 is 1.05 bits per heavy atom. The van der Waals surface area contributed by atoms with Crippen molar-refractivity contribution in [2.75, 3.05) is 16.4 Å². The first-order valence-electron chi connectivity index (χ1n) is 6.20. The molecule has 0 aliphatic heterocycles. The van der Waals surface area contributed by atoms with Crippen LogP contribution in [0.3, 0.4) is 0 Å². The van der Waals surface area contributed by atoms with Crippen LogP contribution in [0.2, 0.25) is 0 Å². The lowest BCUT2D eigenvalue weighted by Gasteiger charge is -2.09. The lowest BCUT2D eigenvalue weighted by molar-refractivity contribution is -0.114. The van der Waals surface area contributed by atoms with Crippen molar-refractivity contribution < 1.29 is 14.0 Å². The van der Waals surface area contributed by atoms with Gasteiger partial charge in [0.15, 0.2) is 0 Å². The summed E-state index contributed by atoms with van der Waals surface area (Å²) in [5.41, 5.74) is 7.11. The van der Waals surface area contributed by atoms with Crippen molar-refractivity contribution in [3.63, 3.8) is 0 Å². The van der Waals surface area contributed by atoms with E-state index >= 15 is 0 Å². The molecule has 0 aliphatic carbocycles. The van der Waals surface area contributed by atoms with Gasteiger partial charge in [0.2, 0.25) is 5.91 Å². The van der Waals surface area contributed by atoms with E-state index in [-0.39, 0.29) is 24.9 Å². The van der Waals surface area contributed by atoms with E-state index in [1.54, 1.807) is 24.3 Å². The number of hydrogen-bond acceptors (Lipinski definition) is 3. The monoisotopic (exact) mass is 303 g/mol. The van der Waals surface area contributed by atoms with Crippen molar-refractivity contribution in [3.8, 4) is 0 Å². The molecule has 0 aromatic heterocycles. The van der Waals surface area contributed by atoms with Gasteiger partial charge in [0.1, 0.15) is 5.82 Å². The summed E-state index contributed by atoms with van der Waals surface area (Å²) < 4.78 is 12.9. The molecule has 4 N–H and O–H groups in total. The Balaban J connectivity index is 0.00000242. The Labute approximate surface area is 128 Å². The fraction of sp³-hybridized carbons (Fsp3) is 0.125. The number of benzene rings is 2. The molecule has 0 atom stereocenters. The fourth-order valence-electron chi connectivity index (χ4n) is 1.75. The molecule has 2 aromatic carbocycles. The number of hydrogen-bond donors (Lipinski definition) is 3. The minimum absolute atomic E-state index is 0. The highest BCUT2D eigenvalue weighted by atomic mass is 19.1. The van der Waals surface area contributed by atoms with E-state index in [0.717, 1.165) is 6.07 Å². The average molecular weight is 303 g/mol. The number of nitrogens with two attached hydrogens (primary N) is 1. The minimum Gasteiger partial charge on any atom is -0.397 e. The summed E-state index contributed by atoms with van der Waals surface area (Å²) in [6.45, 7) is 1.40. The fourth-order valence-corrected chi connectivity index (χ4v) is 1.75. The second-order valence-electron chi connectivity index (χ2n) is 4.44. The molecule has 0 bridgehead atoms. The van der Waals surface area contributed by atoms with Crippen LogP contribution in [0.1, 0.15) is 24.7 Å². The zero-order valence-electron chi connectivity index (χ0n) is 11.3. The van der Waals surface area contributed by atoms with Crippen molar-refractivity contribution in [3.05, 3.63) is 53.8 Å². The molecule has 22 heavy (non-hydrogen) atoms. The van der Waals surface area contributed by atoms with E-state index in [9.17, 15) is 14.0 Å². The van der Waals surface area contributed by atoms with E-state index in [0.29, 0.717) is 16.9 Å². The molecule has 0 unspecified atom stereocenters. The number of anilines is 3. The molecule has 2 amide bonds. The molecule has 2 aromatic rings. The molecule has 0 spiro atoms. The summed E-state index contributed by atoms with van der Waals surface area (Å²) in [5, 5.41) is 5.20. The number of nitrogens with one attached hydrogen (secondary N) is 2. The number of halogens is 1. The zero-order valence-corrected chi connectivity index (χ0v) is 11.3. The highest BCUT2D eigenvalue weighted by molar-refractivity contribution is 6.06. The third-order valence-electron chi connectivity index (χ3n) is 2.73. The number of carbonyl (C=O) groups excluding carboxylic acids is 2. The van der Waals surface area contributed by atoms with Gasteiger partial charge in [-0.2, -0.15) is 0 Å². The van der Waals surface area contributed by atoms with Gasteiger partial charge in [-0.25, -0.2) is 4.39 Å². The van der Waals surface area contributed by atoms with Gasteiger partial charge < -0.3 is 16.4 Å².